The van der Waals surface area contributed by atoms with Crippen molar-refractivity contribution in [3.63, 3.8) is 0 Å². The number of nitrogens with two attached hydrogens (primary N) is 1. The van der Waals surface area contributed by atoms with Crippen LogP contribution in [0.25, 0.3) is 0 Å². The monoisotopic (exact) mass is 384 g/mol. The molecule has 0 radical (unpaired) electrons. The second-order valence-electron chi connectivity index (χ2n) is 8.17. The van der Waals surface area contributed by atoms with Crippen molar-refractivity contribution in [2.24, 2.45) is 0 Å². The lowest BCUT2D eigenvalue weighted by Crippen LogP contribution is -3.03. The van der Waals surface area contributed by atoms with E-state index in [2.05, 4.69) is 44.4 Å². The van der Waals surface area contributed by atoms with Gasteiger partial charge in [0.15, 0.2) is 0 Å². The van der Waals surface area contributed by atoms with Crippen LogP contribution in [0, 0.1) is 11.3 Å². The molecule has 1 aliphatic heterocycles. The van der Waals surface area contributed by atoms with Crippen LogP contribution in [-0.4, -0.2) is 18.1 Å². The van der Waals surface area contributed by atoms with Gasteiger partial charge >= 0.3 is 0 Å². The zero-order valence-electron chi connectivity index (χ0n) is 16.5. The number of hydrogen-bond donors (Lipinski definition) is 2. The van der Waals surface area contributed by atoms with Gasteiger partial charge in [0.05, 0.1) is 22.6 Å². The topological polar surface area (TPSA) is 78.7 Å². The van der Waals surface area contributed by atoms with Gasteiger partial charge in [-0.2, -0.15) is 5.26 Å². The summed E-state index contributed by atoms with van der Waals surface area (Å²) in [5.41, 5.74) is 2.10. The minimum atomic E-state index is -0.214. The molecule has 1 aromatic carbocycles. The summed E-state index contributed by atoms with van der Waals surface area (Å²) in [6.45, 7) is 11.2. The lowest BCUT2D eigenvalue weighted by atomic mass is 9.81. The van der Waals surface area contributed by atoms with Gasteiger partial charge in [-0.1, -0.05) is 0 Å². The van der Waals surface area contributed by atoms with Crippen LogP contribution in [0.2, 0.25) is 0 Å². The molecule has 142 valence electrons. The van der Waals surface area contributed by atoms with Gasteiger partial charge < -0.3 is 15.4 Å². The van der Waals surface area contributed by atoms with Crippen LogP contribution in [0.4, 0.5) is 5.00 Å². The zero-order valence-corrected chi connectivity index (χ0v) is 17.3. The number of ether oxygens (including phenoxy) is 1. The molecule has 1 aromatic heterocycles. The Bertz CT molecular complexity index is 905. The van der Waals surface area contributed by atoms with Crippen LogP contribution in [0.1, 0.15) is 61.0 Å². The number of hydrogen-bond acceptors (Lipinski definition) is 4. The number of amides is 1. The predicted octanol–water partition coefficient (Wildman–Crippen LogP) is 3.40. The van der Waals surface area contributed by atoms with E-state index in [4.69, 9.17) is 4.74 Å². The Morgan fingerprint density at radius 3 is 2.56 bits per heavy atom. The second kappa shape index (κ2) is 6.99. The maximum Gasteiger partial charge on any atom is 0.256 e. The molecule has 0 aliphatic carbocycles. The van der Waals surface area contributed by atoms with E-state index in [0.717, 1.165) is 17.7 Å². The van der Waals surface area contributed by atoms with Crippen molar-refractivity contribution >= 4 is 22.2 Å². The van der Waals surface area contributed by atoms with Crippen LogP contribution >= 0.6 is 11.3 Å². The van der Waals surface area contributed by atoms with Gasteiger partial charge in [0.25, 0.3) is 5.91 Å². The smallest absolute Gasteiger partial charge is 0.256 e. The van der Waals surface area contributed by atoms with Crippen LogP contribution in [0.3, 0.4) is 0 Å². The summed E-state index contributed by atoms with van der Waals surface area (Å²) in [5, 5.41) is 15.7. The van der Waals surface area contributed by atoms with Crippen LogP contribution in [0.15, 0.2) is 24.3 Å². The Labute approximate surface area is 164 Å². The number of carbonyl (C=O) groups is 1. The molecule has 0 unspecified atom stereocenters. The molecule has 3 rings (SSSR count). The molecule has 6 heteroatoms. The maximum atomic E-state index is 12.7. The van der Waals surface area contributed by atoms with Gasteiger partial charge in [0.2, 0.25) is 0 Å². The zero-order chi connectivity index (χ0) is 19.8. The number of rotatable bonds is 4. The van der Waals surface area contributed by atoms with Gasteiger partial charge in [-0.05, 0) is 64.4 Å². The molecule has 3 N–H and O–H groups in total. The molecule has 0 bridgehead atoms. The Morgan fingerprint density at radius 2 is 1.96 bits per heavy atom. The van der Waals surface area contributed by atoms with E-state index < -0.39 is 0 Å². The quantitative estimate of drug-likeness (QED) is 0.848. The van der Waals surface area contributed by atoms with E-state index in [-0.39, 0.29) is 17.0 Å². The predicted molar refractivity (Wildman–Crippen MR) is 107 cm³/mol. The first kappa shape index (κ1) is 19.4. The lowest BCUT2D eigenvalue weighted by molar-refractivity contribution is -0.789. The fraction of sp³-hybridized carbons (Fsp3) is 0.429. The first-order chi connectivity index (χ1) is 12.7. The molecule has 1 aliphatic rings. The molecular formula is C21H26N3O2S+. The summed E-state index contributed by atoms with van der Waals surface area (Å²) in [6, 6.07) is 9.36. The van der Waals surface area contributed by atoms with E-state index in [0.29, 0.717) is 22.7 Å². The van der Waals surface area contributed by atoms with Gasteiger partial charge in [0.1, 0.15) is 22.4 Å². The van der Waals surface area contributed by atoms with Crippen molar-refractivity contribution in [3.8, 4) is 11.8 Å². The number of thiophene rings is 1. The summed E-state index contributed by atoms with van der Waals surface area (Å²) in [6.07, 6.45) is 0.810. The highest BCUT2D eigenvalue weighted by Gasteiger charge is 2.44. The molecule has 2 aromatic rings. The first-order valence-corrected chi connectivity index (χ1v) is 9.96. The number of anilines is 1. The molecule has 0 spiro atoms. The fourth-order valence-corrected chi connectivity index (χ4v) is 5.19. The van der Waals surface area contributed by atoms with Crippen molar-refractivity contribution in [1.29, 1.82) is 5.26 Å². The molecule has 1 amide bonds. The molecule has 0 saturated heterocycles. The minimum absolute atomic E-state index is 0.0135. The first-order valence-electron chi connectivity index (χ1n) is 9.14. The molecular weight excluding hydrogens is 358 g/mol. The van der Waals surface area contributed by atoms with Crippen molar-refractivity contribution < 1.29 is 14.8 Å². The number of fused-ring (bicyclic) bond motifs is 1. The van der Waals surface area contributed by atoms with E-state index in [1.54, 1.807) is 24.3 Å². The average molecular weight is 385 g/mol. The summed E-state index contributed by atoms with van der Waals surface area (Å²) in [7, 11) is 0. The van der Waals surface area contributed by atoms with E-state index >= 15 is 0 Å². The second-order valence-corrected chi connectivity index (χ2v) is 9.19. The highest BCUT2D eigenvalue weighted by Crippen LogP contribution is 2.41. The van der Waals surface area contributed by atoms with Crippen molar-refractivity contribution in [1.82, 2.24) is 0 Å². The summed E-state index contributed by atoms with van der Waals surface area (Å²) in [5.74, 6) is 0.520. The molecule has 0 saturated carbocycles. The maximum absolute atomic E-state index is 12.7. The van der Waals surface area contributed by atoms with Gasteiger partial charge in [-0.15, -0.1) is 11.3 Å². The number of carbonyl (C=O) groups excluding carboxylic acids is 1. The SMILES string of the molecule is CCOc1ccc(C(=O)Nc2sc3c(c2C#N)CC(C)(C)[NH2+]C3(C)C)cc1. The standard InChI is InChI=1S/C21H25N3O2S/c1-6-26-14-9-7-13(8-10-14)18(25)23-19-16(12-22)15-11-20(2,3)24-21(4,5)17(15)27-19/h7-10,24H,6,11H2,1-5H3,(H,23,25)/p+1. The highest BCUT2D eigenvalue weighted by atomic mass is 32.1. The molecule has 2 heterocycles. The van der Waals surface area contributed by atoms with Crippen LogP contribution < -0.4 is 15.4 Å². The Balaban J connectivity index is 1.91. The van der Waals surface area contributed by atoms with E-state index in [1.807, 2.05) is 6.92 Å². The number of nitriles is 1. The highest BCUT2D eigenvalue weighted by molar-refractivity contribution is 7.16. The van der Waals surface area contributed by atoms with Crippen LogP contribution in [0.5, 0.6) is 5.75 Å². The Morgan fingerprint density at radius 1 is 1.30 bits per heavy atom. The Hall–Kier alpha value is -2.36. The number of nitrogens with one attached hydrogen (secondary N) is 1. The molecule has 0 fully saturated rings. The van der Waals surface area contributed by atoms with Crippen molar-refractivity contribution in [2.45, 2.75) is 52.1 Å². The van der Waals surface area contributed by atoms with Crippen molar-refractivity contribution in [2.75, 3.05) is 11.9 Å². The van der Waals surface area contributed by atoms with E-state index in [1.165, 1.54) is 16.2 Å². The van der Waals surface area contributed by atoms with Crippen LogP contribution in [-0.2, 0) is 12.0 Å². The van der Waals surface area contributed by atoms with Gasteiger partial charge in [-0.3, -0.25) is 4.79 Å². The van der Waals surface area contributed by atoms with Gasteiger partial charge in [-0.25, -0.2) is 0 Å². The third kappa shape index (κ3) is 3.85. The van der Waals surface area contributed by atoms with E-state index in [9.17, 15) is 10.1 Å². The summed E-state index contributed by atoms with van der Waals surface area (Å²) in [4.78, 5) is 13.9. The fourth-order valence-electron chi connectivity index (χ4n) is 3.95. The summed E-state index contributed by atoms with van der Waals surface area (Å²) < 4.78 is 5.42. The average Bonchev–Trinajstić information content (AvgIpc) is 2.91. The molecule has 5 nitrogen and oxygen atoms in total. The van der Waals surface area contributed by atoms with Crippen molar-refractivity contribution in [3.05, 3.63) is 45.8 Å². The minimum Gasteiger partial charge on any atom is -0.494 e. The summed E-state index contributed by atoms with van der Waals surface area (Å²) >= 11 is 1.52. The lowest BCUT2D eigenvalue weighted by Gasteiger charge is -2.38. The number of benzene rings is 1. The molecule has 0 atom stereocenters. The number of nitrogens with zero attached hydrogens (tertiary/aromatic N) is 1. The Kier molecular flexibility index (Phi) is 5.02. The molecule has 27 heavy (non-hydrogen) atoms. The number of quaternary nitrogens is 1. The third-order valence-corrected chi connectivity index (χ3v) is 6.23. The van der Waals surface area contributed by atoms with Gasteiger partial charge in [0, 0.05) is 12.0 Å². The largest absolute Gasteiger partial charge is 0.494 e. The normalized spacial score (nSPS) is 16.9. The third-order valence-electron chi connectivity index (χ3n) is 4.74.